The Kier molecular flexibility index (Phi) is 5.52. The topological polar surface area (TPSA) is 98.5 Å². The first-order chi connectivity index (χ1) is 10.5. The van der Waals surface area contributed by atoms with E-state index in [0.717, 1.165) is 12.8 Å². The van der Waals surface area contributed by atoms with Crippen molar-refractivity contribution < 1.29 is 19.1 Å². The summed E-state index contributed by atoms with van der Waals surface area (Å²) in [4.78, 5) is 34.2. The first kappa shape index (κ1) is 16.0. The lowest BCUT2D eigenvalue weighted by Gasteiger charge is -2.09. The second kappa shape index (κ2) is 7.59. The lowest BCUT2D eigenvalue weighted by atomic mass is 10.1. The number of carbonyl (C=O) groups is 3. The van der Waals surface area contributed by atoms with Crippen molar-refractivity contribution in [1.29, 1.82) is 0 Å². The third kappa shape index (κ3) is 4.87. The minimum atomic E-state index is -0.529. The molecule has 0 bridgehead atoms. The zero-order valence-corrected chi connectivity index (χ0v) is 12.3. The number of ether oxygens (including phenoxy) is 1. The normalized spacial score (nSPS) is 14.5. The maximum Gasteiger partial charge on any atom is 0.306 e. The number of nitrogens with two attached hydrogens (primary N) is 1. The van der Waals surface area contributed by atoms with Crippen molar-refractivity contribution in [2.75, 3.05) is 11.9 Å². The van der Waals surface area contributed by atoms with Gasteiger partial charge >= 0.3 is 5.97 Å². The molecule has 1 aromatic carbocycles. The minimum Gasteiger partial charge on any atom is -0.456 e. The summed E-state index contributed by atoms with van der Waals surface area (Å²) in [7, 11) is 0. The molecule has 1 aliphatic carbocycles. The predicted octanol–water partition coefficient (Wildman–Crippen LogP) is 1.85. The summed E-state index contributed by atoms with van der Waals surface area (Å²) in [6.07, 6.45) is 4.85. The highest BCUT2D eigenvalue weighted by Crippen LogP contribution is 2.27. The molecular weight excluding hydrogens is 284 g/mol. The fraction of sp³-hybridized carbons (Fsp3) is 0.438. The van der Waals surface area contributed by atoms with E-state index in [1.807, 2.05) is 0 Å². The third-order valence-corrected chi connectivity index (χ3v) is 3.75. The molecule has 0 heterocycles. The number of amides is 2. The number of nitrogens with one attached hydrogen (secondary N) is 1. The van der Waals surface area contributed by atoms with E-state index in [1.165, 1.54) is 25.0 Å². The quantitative estimate of drug-likeness (QED) is 0.783. The highest BCUT2D eigenvalue weighted by atomic mass is 16.5. The SMILES string of the molecule is NC(=O)c1ccc(NC(=O)COC(=O)CC2CCCC2)cc1. The third-order valence-electron chi connectivity index (χ3n) is 3.75. The second-order valence-corrected chi connectivity index (χ2v) is 5.51. The average Bonchev–Trinajstić information content (AvgIpc) is 2.98. The highest BCUT2D eigenvalue weighted by molar-refractivity contribution is 5.95. The monoisotopic (exact) mass is 304 g/mol. The molecule has 6 nitrogen and oxygen atoms in total. The zero-order valence-electron chi connectivity index (χ0n) is 12.3. The maximum atomic E-state index is 11.7. The van der Waals surface area contributed by atoms with Gasteiger partial charge in [0, 0.05) is 17.7 Å². The molecule has 2 rings (SSSR count). The van der Waals surface area contributed by atoms with Crippen LogP contribution in [0.25, 0.3) is 0 Å². The number of rotatable bonds is 6. The van der Waals surface area contributed by atoms with E-state index >= 15 is 0 Å². The van der Waals surface area contributed by atoms with Gasteiger partial charge in [0.25, 0.3) is 5.91 Å². The first-order valence-electron chi connectivity index (χ1n) is 7.40. The van der Waals surface area contributed by atoms with Crippen molar-refractivity contribution in [3.8, 4) is 0 Å². The standard InChI is InChI=1S/C16H20N2O4/c17-16(21)12-5-7-13(8-6-12)18-14(19)10-22-15(20)9-11-3-1-2-4-11/h5-8,11H,1-4,9-10H2,(H2,17,21)(H,18,19). The van der Waals surface area contributed by atoms with E-state index in [2.05, 4.69) is 5.32 Å². The van der Waals surface area contributed by atoms with E-state index in [1.54, 1.807) is 12.1 Å². The molecular formula is C16H20N2O4. The molecule has 0 radical (unpaired) electrons. The van der Waals surface area contributed by atoms with Crippen LogP contribution in [0, 0.1) is 5.92 Å². The molecule has 0 spiro atoms. The number of anilines is 1. The van der Waals surface area contributed by atoms with Crippen LogP contribution < -0.4 is 11.1 Å². The van der Waals surface area contributed by atoms with Gasteiger partial charge in [-0.25, -0.2) is 0 Å². The molecule has 0 saturated heterocycles. The van der Waals surface area contributed by atoms with Crippen LogP contribution in [0.3, 0.4) is 0 Å². The van der Waals surface area contributed by atoms with Gasteiger partial charge in [-0.3, -0.25) is 14.4 Å². The molecule has 0 aromatic heterocycles. The van der Waals surface area contributed by atoms with E-state index in [4.69, 9.17) is 10.5 Å². The zero-order chi connectivity index (χ0) is 15.9. The van der Waals surface area contributed by atoms with Gasteiger partial charge in [-0.2, -0.15) is 0 Å². The Morgan fingerprint density at radius 2 is 1.77 bits per heavy atom. The average molecular weight is 304 g/mol. The summed E-state index contributed by atoms with van der Waals surface area (Å²) in [5.74, 6) is -0.867. The number of benzene rings is 1. The van der Waals surface area contributed by atoms with Crippen LogP contribution in [0.2, 0.25) is 0 Å². The minimum absolute atomic E-state index is 0.302. The number of primary amides is 1. The van der Waals surface area contributed by atoms with Crippen LogP contribution in [0.15, 0.2) is 24.3 Å². The molecule has 6 heteroatoms. The smallest absolute Gasteiger partial charge is 0.306 e. The van der Waals surface area contributed by atoms with Crippen LogP contribution in [-0.2, 0) is 14.3 Å². The van der Waals surface area contributed by atoms with Gasteiger partial charge in [-0.05, 0) is 43.0 Å². The van der Waals surface area contributed by atoms with Crippen molar-refractivity contribution in [3.63, 3.8) is 0 Å². The van der Waals surface area contributed by atoms with Crippen molar-refractivity contribution in [3.05, 3.63) is 29.8 Å². The summed E-state index contributed by atoms with van der Waals surface area (Å²) in [5.41, 5.74) is 6.01. The van der Waals surface area contributed by atoms with Crippen LogP contribution in [0.4, 0.5) is 5.69 Å². The summed E-state index contributed by atoms with van der Waals surface area (Å²) in [6.45, 7) is -0.302. The number of carbonyl (C=O) groups excluding carboxylic acids is 3. The van der Waals surface area contributed by atoms with Gasteiger partial charge in [-0.15, -0.1) is 0 Å². The van der Waals surface area contributed by atoms with Crippen LogP contribution in [0.1, 0.15) is 42.5 Å². The number of esters is 1. The van der Waals surface area contributed by atoms with Crippen LogP contribution in [-0.4, -0.2) is 24.4 Å². The Bertz CT molecular complexity index is 548. The van der Waals surface area contributed by atoms with Gasteiger partial charge in [-0.1, -0.05) is 12.8 Å². The van der Waals surface area contributed by atoms with Crippen molar-refractivity contribution in [1.82, 2.24) is 0 Å². The number of hydrogen-bond donors (Lipinski definition) is 2. The van der Waals surface area contributed by atoms with E-state index < -0.39 is 11.8 Å². The van der Waals surface area contributed by atoms with Gasteiger partial charge in [0.15, 0.2) is 6.61 Å². The van der Waals surface area contributed by atoms with Gasteiger partial charge in [0.05, 0.1) is 0 Å². The van der Waals surface area contributed by atoms with E-state index in [9.17, 15) is 14.4 Å². The summed E-state index contributed by atoms with van der Waals surface area (Å²) >= 11 is 0. The Morgan fingerprint density at radius 1 is 1.14 bits per heavy atom. The number of hydrogen-bond acceptors (Lipinski definition) is 4. The predicted molar refractivity (Wildman–Crippen MR) is 81.1 cm³/mol. The highest BCUT2D eigenvalue weighted by Gasteiger charge is 2.19. The van der Waals surface area contributed by atoms with Crippen molar-refractivity contribution in [2.24, 2.45) is 11.7 Å². The Morgan fingerprint density at radius 3 is 2.36 bits per heavy atom. The van der Waals surface area contributed by atoms with Gasteiger partial charge in [0.1, 0.15) is 0 Å². The Labute approximate surface area is 129 Å². The molecule has 0 aliphatic heterocycles. The largest absolute Gasteiger partial charge is 0.456 e. The summed E-state index contributed by atoms with van der Waals surface area (Å²) in [6, 6.07) is 6.17. The molecule has 2 amide bonds. The Balaban J connectivity index is 1.72. The molecule has 3 N–H and O–H groups in total. The second-order valence-electron chi connectivity index (χ2n) is 5.51. The van der Waals surface area contributed by atoms with Gasteiger partial charge < -0.3 is 15.8 Å². The lowest BCUT2D eigenvalue weighted by Crippen LogP contribution is -2.21. The Hall–Kier alpha value is -2.37. The molecule has 0 atom stereocenters. The molecule has 1 aliphatic rings. The van der Waals surface area contributed by atoms with Gasteiger partial charge in [0.2, 0.25) is 5.91 Å². The fourth-order valence-electron chi connectivity index (χ4n) is 2.57. The van der Waals surface area contributed by atoms with Crippen molar-refractivity contribution >= 4 is 23.5 Å². The maximum absolute atomic E-state index is 11.7. The first-order valence-corrected chi connectivity index (χ1v) is 7.40. The molecule has 1 aromatic rings. The van der Waals surface area contributed by atoms with Crippen LogP contribution >= 0.6 is 0 Å². The summed E-state index contributed by atoms with van der Waals surface area (Å²) < 4.78 is 4.97. The van der Waals surface area contributed by atoms with E-state index in [-0.39, 0.29) is 12.6 Å². The van der Waals surface area contributed by atoms with E-state index in [0.29, 0.717) is 23.6 Å². The molecule has 0 unspecified atom stereocenters. The molecule has 22 heavy (non-hydrogen) atoms. The van der Waals surface area contributed by atoms with Crippen molar-refractivity contribution in [2.45, 2.75) is 32.1 Å². The molecule has 1 saturated carbocycles. The lowest BCUT2D eigenvalue weighted by molar-refractivity contribution is -0.148. The molecule has 1 fully saturated rings. The molecule has 118 valence electrons. The van der Waals surface area contributed by atoms with Crippen LogP contribution in [0.5, 0.6) is 0 Å². The summed E-state index contributed by atoms with van der Waals surface area (Å²) in [5, 5.41) is 2.59. The fourth-order valence-corrected chi connectivity index (χ4v) is 2.57.